The maximum absolute atomic E-state index is 13.0. The van der Waals surface area contributed by atoms with Crippen LogP contribution in [0.2, 0.25) is 0 Å². The minimum absolute atomic E-state index is 0.0262. The van der Waals surface area contributed by atoms with Gasteiger partial charge in [0.25, 0.3) is 0 Å². The number of nitrogens with zero attached hydrogens (tertiary/aromatic N) is 5. The lowest BCUT2D eigenvalue weighted by molar-refractivity contribution is -0.136. The van der Waals surface area contributed by atoms with E-state index in [1.807, 2.05) is 26.0 Å². The molecule has 0 saturated heterocycles. The van der Waals surface area contributed by atoms with Gasteiger partial charge in [0.1, 0.15) is 5.75 Å². The molecule has 2 heterocycles. The Labute approximate surface area is 206 Å². The van der Waals surface area contributed by atoms with Gasteiger partial charge in [-0.3, -0.25) is 4.79 Å². The Morgan fingerprint density at radius 2 is 2.17 bits per heavy atom. The predicted molar refractivity (Wildman–Crippen MR) is 130 cm³/mol. The zero-order valence-corrected chi connectivity index (χ0v) is 20.9. The van der Waals surface area contributed by atoms with E-state index < -0.39 is 0 Å². The lowest BCUT2D eigenvalue weighted by atomic mass is 10.0. The van der Waals surface area contributed by atoms with Crippen molar-refractivity contribution in [1.29, 1.82) is 0 Å². The van der Waals surface area contributed by atoms with Gasteiger partial charge >= 0.3 is 6.03 Å². The van der Waals surface area contributed by atoms with E-state index in [1.54, 1.807) is 47.0 Å². The standard InChI is InChI=1S/C24H36N6O5/c1-17-13-29(18(2)15-31)23(32)10-7-11-30-19(12-25-27-30)16-35-22(17)14-28(3)24(33)26-20-8-5-6-9-21(20)34-4/h5-6,8-9,12,17-18,22,31H,7,10-11,13-16H2,1-4H3,(H,26,33)/t17-,18-,22-/m0/s1. The van der Waals surface area contributed by atoms with Crippen molar-refractivity contribution in [2.75, 3.05) is 39.2 Å². The van der Waals surface area contributed by atoms with Crippen LogP contribution in [0.3, 0.4) is 0 Å². The number of rotatable bonds is 6. The SMILES string of the molecule is COc1ccccc1NC(=O)N(C)C[C@@H]1OCc2cnnn2CCCC(=O)N([C@@H](C)CO)C[C@@H]1C. The highest BCUT2D eigenvalue weighted by molar-refractivity contribution is 5.90. The van der Waals surface area contributed by atoms with Gasteiger partial charge in [-0.15, -0.1) is 5.10 Å². The number of carbonyl (C=O) groups is 2. The highest BCUT2D eigenvalue weighted by atomic mass is 16.5. The summed E-state index contributed by atoms with van der Waals surface area (Å²) in [6.45, 7) is 5.22. The van der Waals surface area contributed by atoms with Gasteiger partial charge in [-0.2, -0.15) is 0 Å². The first-order valence-corrected chi connectivity index (χ1v) is 11.9. The molecule has 1 aromatic carbocycles. The highest BCUT2D eigenvalue weighted by Gasteiger charge is 2.29. The fourth-order valence-corrected chi connectivity index (χ4v) is 4.06. The molecular weight excluding hydrogens is 452 g/mol. The van der Waals surface area contributed by atoms with E-state index in [0.29, 0.717) is 43.9 Å². The minimum Gasteiger partial charge on any atom is -0.495 e. The number of ether oxygens (including phenoxy) is 2. The summed E-state index contributed by atoms with van der Waals surface area (Å²) >= 11 is 0. The van der Waals surface area contributed by atoms with Crippen molar-refractivity contribution >= 4 is 17.6 Å². The number of nitrogens with one attached hydrogen (secondary N) is 1. The van der Waals surface area contributed by atoms with E-state index in [4.69, 9.17) is 9.47 Å². The zero-order valence-electron chi connectivity index (χ0n) is 20.9. The van der Waals surface area contributed by atoms with Crippen molar-refractivity contribution in [3.63, 3.8) is 0 Å². The number of aryl methyl sites for hydroxylation is 1. The van der Waals surface area contributed by atoms with Gasteiger partial charge in [0.2, 0.25) is 5.91 Å². The molecule has 11 nitrogen and oxygen atoms in total. The molecule has 0 radical (unpaired) electrons. The molecule has 2 N–H and O–H groups in total. The van der Waals surface area contributed by atoms with E-state index in [-0.39, 0.29) is 43.2 Å². The lowest BCUT2D eigenvalue weighted by Crippen LogP contribution is -2.48. The number of aromatic nitrogens is 3. The third-order valence-electron chi connectivity index (χ3n) is 6.29. The van der Waals surface area contributed by atoms with Crippen molar-refractivity contribution in [3.8, 4) is 5.75 Å². The predicted octanol–water partition coefficient (Wildman–Crippen LogP) is 1.98. The second-order valence-electron chi connectivity index (χ2n) is 8.97. The van der Waals surface area contributed by atoms with E-state index >= 15 is 0 Å². The molecule has 3 atom stereocenters. The molecule has 1 aliphatic heterocycles. The second-order valence-corrected chi connectivity index (χ2v) is 8.97. The molecule has 1 aromatic heterocycles. The van der Waals surface area contributed by atoms with Crippen LogP contribution in [0.5, 0.6) is 5.75 Å². The van der Waals surface area contributed by atoms with Gasteiger partial charge in [0.05, 0.1) is 50.0 Å². The second kappa shape index (κ2) is 12.5. The van der Waals surface area contributed by atoms with Crippen LogP contribution >= 0.6 is 0 Å². The molecule has 11 heteroatoms. The molecule has 0 unspecified atom stereocenters. The topological polar surface area (TPSA) is 122 Å². The van der Waals surface area contributed by atoms with Crippen LogP contribution in [-0.4, -0.2) is 87.8 Å². The van der Waals surface area contributed by atoms with Gasteiger partial charge in [0.15, 0.2) is 0 Å². The fourth-order valence-electron chi connectivity index (χ4n) is 4.06. The highest BCUT2D eigenvalue weighted by Crippen LogP contribution is 2.24. The molecule has 0 spiro atoms. The first-order chi connectivity index (χ1) is 16.8. The number of anilines is 1. The number of amides is 3. The Bertz CT molecular complexity index is 983. The van der Waals surface area contributed by atoms with Gasteiger partial charge in [0, 0.05) is 39.0 Å². The summed E-state index contributed by atoms with van der Waals surface area (Å²) in [7, 11) is 3.25. The van der Waals surface area contributed by atoms with Crippen molar-refractivity contribution in [1.82, 2.24) is 24.8 Å². The fraction of sp³-hybridized carbons (Fsp3) is 0.583. The van der Waals surface area contributed by atoms with Crippen molar-refractivity contribution in [2.45, 2.75) is 52.0 Å². The number of fused-ring (bicyclic) bond motifs is 1. The monoisotopic (exact) mass is 488 g/mol. The number of aliphatic hydroxyl groups is 1. The van der Waals surface area contributed by atoms with Crippen LogP contribution in [0.1, 0.15) is 32.4 Å². The van der Waals surface area contributed by atoms with Crippen molar-refractivity contribution in [3.05, 3.63) is 36.2 Å². The largest absolute Gasteiger partial charge is 0.495 e. The summed E-state index contributed by atoms with van der Waals surface area (Å²) in [5.41, 5.74) is 1.39. The number of para-hydroxylation sites is 2. The van der Waals surface area contributed by atoms with Gasteiger partial charge in [-0.1, -0.05) is 24.3 Å². The summed E-state index contributed by atoms with van der Waals surface area (Å²) < 4.78 is 13.3. The average molecular weight is 489 g/mol. The third-order valence-corrected chi connectivity index (χ3v) is 6.29. The van der Waals surface area contributed by atoms with Gasteiger partial charge < -0.3 is 29.7 Å². The van der Waals surface area contributed by atoms with Crippen LogP contribution in [0.15, 0.2) is 30.5 Å². The number of likely N-dealkylation sites (N-methyl/N-ethyl adjacent to an activating group) is 1. The molecule has 192 valence electrons. The summed E-state index contributed by atoms with van der Waals surface area (Å²) in [5, 5.41) is 20.7. The molecule has 0 saturated carbocycles. The first kappa shape index (κ1) is 26.4. The van der Waals surface area contributed by atoms with Crippen LogP contribution in [0.25, 0.3) is 0 Å². The minimum atomic E-state index is -0.382. The molecule has 35 heavy (non-hydrogen) atoms. The average Bonchev–Trinajstić information content (AvgIpc) is 3.30. The van der Waals surface area contributed by atoms with Gasteiger partial charge in [-0.25, -0.2) is 9.48 Å². The third kappa shape index (κ3) is 6.92. The molecular formula is C24H36N6O5. The van der Waals surface area contributed by atoms with Crippen molar-refractivity contribution in [2.24, 2.45) is 5.92 Å². The van der Waals surface area contributed by atoms with E-state index in [0.717, 1.165) is 5.69 Å². The molecule has 1 aliphatic rings. The van der Waals surface area contributed by atoms with E-state index in [1.165, 1.54) is 0 Å². The number of carbonyl (C=O) groups excluding carboxylic acids is 2. The normalized spacial score (nSPS) is 20.3. The number of methoxy groups -OCH3 is 1. The Hall–Kier alpha value is -3.18. The maximum atomic E-state index is 13.0. The molecule has 3 rings (SSSR count). The van der Waals surface area contributed by atoms with Crippen LogP contribution in [-0.2, 0) is 22.7 Å². The summed E-state index contributed by atoms with van der Waals surface area (Å²) in [6.07, 6.45) is 2.25. The van der Waals surface area contributed by atoms with Crippen LogP contribution in [0, 0.1) is 5.92 Å². The number of urea groups is 1. The number of hydrogen-bond acceptors (Lipinski definition) is 7. The molecule has 0 fully saturated rings. The number of aliphatic hydroxyl groups excluding tert-OH is 1. The quantitative estimate of drug-likeness (QED) is 0.637. The summed E-state index contributed by atoms with van der Waals surface area (Å²) in [5.74, 6) is 0.428. The zero-order chi connectivity index (χ0) is 25.4. The summed E-state index contributed by atoms with van der Waals surface area (Å²) in [6, 6.07) is 6.58. The van der Waals surface area contributed by atoms with E-state index in [2.05, 4.69) is 15.6 Å². The molecule has 0 aliphatic carbocycles. The van der Waals surface area contributed by atoms with Gasteiger partial charge in [-0.05, 0) is 25.5 Å². The van der Waals surface area contributed by atoms with Crippen LogP contribution in [0.4, 0.5) is 10.5 Å². The first-order valence-electron chi connectivity index (χ1n) is 11.9. The Morgan fingerprint density at radius 1 is 1.40 bits per heavy atom. The molecule has 3 amide bonds. The van der Waals surface area contributed by atoms with E-state index in [9.17, 15) is 14.7 Å². The molecule has 2 aromatic rings. The van der Waals surface area contributed by atoms with Crippen LogP contribution < -0.4 is 10.1 Å². The Kier molecular flexibility index (Phi) is 9.44. The Balaban J connectivity index is 1.78. The number of benzene rings is 1. The maximum Gasteiger partial charge on any atom is 0.321 e. The number of hydrogen-bond donors (Lipinski definition) is 2. The van der Waals surface area contributed by atoms with Crippen molar-refractivity contribution < 1.29 is 24.2 Å². The summed E-state index contributed by atoms with van der Waals surface area (Å²) in [4.78, 5) is 29.2. The lowest BCUT2D eigenvalue weighted by Gasteiger charge is -2.35. The Morgan fingerprint density at radius 3 is 2.91 bits per heavy atom. The smallest absolute Gasteiger partial charge is 0.321 e. The molecule has 0 bridgehead atoms.